The SMILES string of the molecule is O=C(CCl)Cc1ccc(Br)cc1OC(F)(F)F. The number of ether oxygens (including phenoxy) is 1. The Labute approximate surface area is 109 Å². The van der Waals surface area contributed by atoms with Crippen molar-refractivity contribution in [2.75, 3.05) is 5.88 Å². The van der Waals surface area contributed by atoms with E-state index in [4.69, 9.17) is 11.6 Å². The van der Waals surface area contributed by atoms with Crippen LogP contribution in [0.25, 0.3) is 0 Å². The van der Waals surface area contributed by atoms with Crippen LogP contribution in [-0.4, -0.2) is 18.0 Å². The van der Waals surface area contributed by atoms with E-state index < -0.39 is 12.1 Å². The van der Waals surface area contributed by atoms with Crippen molar-refractivity contribution in [2.45, 2.75) is 12.8 Å². The van der Waals surface area contributed by atoms with Gasteiger partial charge in [-0.05, 0) is 12.1 Å². The largest absolute Gasteiger partial charge is 0.573 e. The molecule has 94 valence electrons. The number of Topliss-reactive ketones (excluding diaryl/α,β-unsaturated/α-hetero) is 1. The lowest BCUT2D eigenvalue weighted by atomic mass is 10.1. The van der Waals surface area contributed by atoms with Crippen LogP contribution < -0.4 is 4.74 Å². The van der Waals surface area contributed by atoms with Crippen LogP contribution in [0.2, 0.25) is 0 Å². The van der Waals surface area contributed by atoms with Gasteiger partial charge in [0.15, 0.2) is 5.78 Å². The number of ketones is 1. The normalized spacial score (nSPS) is 11.4. The lowest BCUT2D eigenvalue weighted by Crippen LogP contribution is -2.19. The fourth-order valence-electron chi connectivity index (χ4n) is 1.15. The third-order valence-electron chi connectivity index (χ3n) is 1.79. The number of alkyl halides is 4. The summed E-state index contributed by atoms with van der Waals surface area (Å²) < 4.78 is 40.6. The number of halogens is 5. The zero-order valence-electron chi connectivity index (χ0n) is 8.35. The second-order valence-corrected chi connectivity index (χ2v) is 4.33. The lowest BCUT2D eigenvalue weighted by molar-refractivity contribution is -0.274. The summed E-state index contributed by atoms with van der Waals surface area (Å²) in [5.74, 6) is -1.02. The average Bonchev–Trinajstić information content (AvgIpc) is 2.19. The van der Waals surface area contributed by atoms with Crippen LogP contribution in [0.5, 0.6) is 5.75 Å². The van der Waals surface area contributed by atoms with E-state index in [9.17, 15) is 18.0 Å². The average molecular weight is 332 g/mol. The molecule has 1 aromatic carbocycles. The third kappa shape index (κ3) is 4.95. The molecule has 0 saturated heterocycles. The molecule has 0 radical (unpaired) electrons. The van der Waals surface area contributed by atoms with Crippen LogP contribution in [0.1, 0.15) is 5.56 Å². The first-order chi connectivity index (χ1) is 7.81. The van der Waals surface area contributed by atoms with E-state index in [1.165, 1.54) is 12.1 Å². The van der Waals surface area contributed by atoms with Gasteiger partial charge in [0.05, 0.1) is 5.88 Å². The molecule has 1 rings (SSSR count). The Hall–Kier alpha value is -0.750. The molecule has 2 nitrogen and oxygen atoms in total. The Kier molecular flexibility index (Phi) is 4.82. The molecule has 0 fully saturated rings. The van der Waals surface area contributed by atoms with Crippen molar-refractivity contribution in [3.63, 3.8) is 0 Å². The van der Waals surface area contributed by atoms with Crippen LogP contribution in [0.15, 0.2) is 22.7 Å². The van der Waals surface area contributed by atoms with Gasteiger partial charge < -0.3 is 4.74 Å². The van der Waals surface area contributed by atoms with Crippen LogP contribution in [0.3, 0.4) is 0 Å². The van der Waals surface area contributed by atoms with Crippen molar-refractivity contribution in [3.05, 3.63) is 28.2 Å². The van der Waals surface area contributed by atoms with E-state index in [2.05, 4.69) is 20.7 Å². The van der Waals surface area contributed by atoms with E-state index >= 15 is 0 Å². The lowest BCUT2D eigenvalue weighted by Gasteiger charge is -2.13. The van der Waals surface area contributed by atoms with Gasteiger partial charge in [-0.25, -0.2) is 0 Å². The van der Waals surface area contributed by atoms with Gasteiger partial charge in [-0.2, -0.15) is 0 Å². The maximum Gasteiger partial charge on any atom is 0.573 e. The van der Waals surface area contributed by atoms with Crippen molar-refractivity contribution < 1.29 is 22.7 Å². The third-order valence-corrected chi connectivity index (χ3v) is 2.58. The highest BCUT2D eigenvalue weighted by Gasteiger charge is 2.32. The molecule has 0 amide bonds. The minimum atomic E-state index is -4.79. The monoisotopic (exact) mass is 330 g/mol. The molecule has 0 heterocycles. The first kappa shape index (κ1) is 14.3. The van der Waals surface area contributed by atoms with Gasteiger partial charge in [-0.15, -0.1) is 24.8 Å². The minimum Gasteiger partial charge on any atom is -0.405 e. The molecular weight excluding hydrogens is 324 g/mol. The summed E-state index contributed by atoms with van der Waals surface area (Å²) in [5.41, 5.74) is 0.149. The first-order valence-corrected chi connectivity index (χ1v) is 5.76. The van der Waals surface area contributed by atoms with Crippen molar-refractivity contribution in [1.82, 2.24) is 0 Å². The molecule has 0 aliphatic heterocycles. The van der Waals surface area contributed by atoms with E-state index in [0.717, 1.165) is 6.07 Å². The van der Waals surface area contributed by atoms with E-state index in [1.54, 1.807) is 0 Å². The van der Waals surface area contributed by atoms with Gasteiger partial charge in [0.2, 0.25) is 0 Å². The van der Waals surface area contributed by atoms with Crippen LogP contribution in [-0.2, 0) is 11.2 Å². The highest BCUT2D eigenvalue weighted by Crippen LogP contribution is 2.29. The molecule has 0 atom stereocenters. The van der Waals surface area contributed by atoms with Gasteiger partial charge in [-0.1, -0.05) is 22.0 Å². The number of benzene rings is 1. The molecular formula is C10H7BrClF3O2. The van der Waals surface area contributed by atoms with Crippen molar-refractivity contribution in [3.8, 4) is 5.75 Å². The van der Waals surface area contributed by atoms with Gasteiger partial charge in [0.1, 0.15) is 5.75 Å². The molecule has 0 spiro atoms. The minimum absolute atomic E-state index is 0.149. The van der Waals surface area contributed by atoms with E-state index in [0.29, 0.717) is 4.47 Å². The van der Waals surface area contributed by atoms with Gasteiger partial charge in [0, 0.05) is 16.5 Å². The van der Waals surface area contributed by atoms with E-state index in [1.807, 2.05) is 0 Å². The van der Waals surface area contributed by atoms with Gasteiger partial charge >= 0.3 is 6.36 Å². The van der Waals surface area contributed by atoms with Crippen molar-refractivity contribution >= 4 is 33.3 Å². The molecule has 0 saturated carbocycles. The Balaban J connectivity index is 2.99. The maximum atomic E-state index is 12.1. The topological polar surface area (TPSA) is 26.3 Å². The number of carbonyl (C=O) groups excluding carboxylic acids is 1. The molecule has 0 N–H and O–H groups in total. The smallest absolute Gasteiger partial charge is 0.405 e. The summed E-state index contributed by atoms with van der Waals surface area (Å²) in [4.78, 5) is 11.1. The summed E-state index contributed by atoms with van der Waals surface area (Å²) in [6.45, 7) is 0. The standard InChI is InChI=1S/C10H7BrClF3O2/c11-7-2-1-6(3-8(16)5-12)9(4-7)17-10(13,14)15/h1-2,4H,3,5H2. The molecule has 0 aliphatic rings. The summed E-state index contributed by atoms with van der Waals surface area (Å²) in [6.07, 6.45) is -4.98. The van der Waals surface area contributed by atoms with E-state index in [-0.39, 0.29) is 23.6 Å². The quantitative estimate of drug-likeness (QED) is 0.787. The van der Waals surface area contributed by atoms with Crippen molar-refractivity contribution in [1.29, 1.82) is 0 Å². The molecule has 0 aromatic heterocycles. The second-order valence-electron chi connectivity index (χ2n) is 3.15. The predicted molar refractivity (Wildman–Crippen MR) is 60.3 cm³/mol. The van der Waals surface area contributed by atoms with Crippen LogP contribution >= 0.6 is 27.5 Å². The van der Waals surface area contributed by atoms with Gasteiger partial charge in [-0.3, -0.25) is 4.79 Å². The fourth-order valence-corrected chi connectivity index (χ4v) is 1.59. The predicted octanol–water partition coefficient (Wildman–Crippen LogP) is 3.70. The zero-order chi connectivity index (χ0) is 13.1. The zero-order valence-corrected chi connectivity index (χ0v) is 10.7. The van der Waals surface area contributed by atoms with Gasteiger partial charge in [0.25, 0.3) is 0 Å². The Morgan fingerprint density at radius 1 is 1.41 bits per heavy atom. The Bertz CT molecular complexity index is 421. The number of hydrogen-bond acceptors (Lipinski definition) is 2. The molecule has 17 heavy (non-hydrogen) atoms. The van der Waals surface area contributed by atoms with Crippen LogP contribution in [0.4, 0.5) is 13.2 Å². The fraction of sp³-hybridized carbons (Fsp3) is 0.300. The summed E-state index contributed by atoms with van der Waals surface area (Å²) in [6, 6.07) is 4.07. The summed E-state index contributed by atoms with van der Waals surface area (Å²) in [7, 11) is 0. The highest BCUT2D eigenvalue weighted by atomic mass is 79.9. The molecule has 7 heteroatoms. The number of hydrogen-bond donors (Lipinski definition) is 0. The molecule has 0 unspecified atom stereocenters. The number of rotatable bonds is 4. The molecule has 0 aliphatic carbocycles. The molecule has 0 bridgehead atoms. The highest BCUT2D eigenvalue weighted by molar-refractivity contribution is 9.10. The Morgan fingerprint density at radius 2 is 2.06 bits per heavy atom. The summed E-state index contributed by atoms with van der Waals surface area (Å²) >= 11 is 8.33. The maximum absolute atomic E-state index is 12.1. The second kappa shape index (κ2) is 5.73. The Morgan fingerprint density at radius 3 is 2.59 bits per heavy atom. The summed E-state index contributed by atoms with van der Waals surface area (Å²) in [5, 5.41) is 0. The van der Waals surface area contributed by atoms with Crippen LogP contribution in [0, 0.1) is 0 Å². The first-order valence-electron chi connectivity index (χ1n) is 4.43. The number of carbonyl (C=O) groups is 1. The molecule has 1 aromatic rings. The van der Waals surface area contributed by atoms with Crippen molar-refractivity contribution in [2.24, 2.45) is 0 Å².